The average molecular weight is 402 g/mol. The minimum absolute atomic E-state index is 0.00720. The van der Waals surface area contributed by atoms with Crippen LogP contribution < -0.4 is 15.5 Å². The summed E-state index contributed by atoms with van der Waals surface area (Å²) in [5, 5.41) is 13.2. The van der Waals surface area contributed by atoms with E-state index in [0.717, 1.165) is 24.4 Å². The van der Waals surface area contributed by atoms with Crippen molar-refractivity contribution in [1.82, 2.24) is 25.8 Å². The number of anilines is 1. The maximum absolute atomic E-state index is 12.7. The van der Waals surface area contributed by atoms with Gasteiger partial charge in [-0.05, 0) is 18.6 Å². The zero-order valence-electron chi connectivity index (χ0n) is 14.5. The highest BCUT2D eigenvalue weighted by Crippen LogP contribution is 2.34. The molecular formula is C16H19ClF3N7. The number of hydrogen-bond donors (Lipinski definition) is 3. The molecule has 1 unspecified atom stereocenters. The van der Waals surface area contributed by atoms with Crippen molar-refractivity contribution in [3.05, 3.63) is 40.8 Å². The number of alkyl halides is 3. The molecule has 1 aliphatic heterocycles. The number of aromatic amines is 1. The third kappa shape index (κ3) is 4.82. The van der Waals surface area contributed by atoms with Crippen LogP contribution in [0.15, 0.2) is 29.5 Å². The van der Waals surface area contributed by atoms with E-state index >= 15 is 0 Å². The van der Waals surface area contributed by atoms with Crippen LogP contribution >= 0.6 is 11.6 Å². The van der Waals surface area contributed by atoms with E-state index in [-0.39, 0.29) is 11.1 Å². The van der Waals surface area contributed by atoms with Crippen LogP contribution in [0.1, 0.15) is 17.7 Å². The Kier molecular flexibility index (Phi) is 5.73. The summed E-state index contributed by atoms with van der Waals surface area (Å²) in [5.41, 5.74) is 0.0697. The van der Waals surface area contributed by atoms with E-state index in [1.54, 1.807) is 13.2 Å². The number of nitrogens with one attached hydrogen (secondary N) is 3. The Morgan fingerprint density at radius 3 is 2.93 bits per heavy atom. The summed E-state index contributed by atoms with van der Waals surface area (Å²) in [6.45, 7) is 1.73. The number of aliphatic imine (C=N–C) groups is 1. The second-order valence-electron chi connectivity index (χ2n) is 6.11. The van der Waals surface area contributed by atoms with Crippen LogP contribution in [0, 0.1) is 0 Å². The van der Waals surface area contributed by atoms with E-state index in [4.69, 9.17) is 11.6 Å². The van der Waals surface area contributed by atoms with Crippen molar-refractivity contribution in [3.8, 4) is 0 Å². The highest BCUT2D eigenvalue weighted by molar-refractivity contribution is 6.33. The number of nitrogens with zero attached hydrogens (tertiary/aromatic N) is 4. The molecule has 1 fully saturated rings. The van der Waals surface area contributed by atoms with Crippen molar-refractivity contribution in [1.29, 1.82) is 0 Å². The zero-order valence-corrected chi connectivity index (χ0v) is 15.3. The summed E-state index contributed by atoms with van der Waals surface area (Å²) in [5.74, 6) is 0.984. The molecule has 7 nitrogen and oxygen atoms in total. The number of rotatable bonds is 4. The number of halogens is 4. The molecule has 2 aromatic rings. The maximum atomic E-state index is 12.7. The maximum Gasteiger partial charge on any atom is 0.417 e. The molecule has 3 N–H and O–H groups in total. The number of pyridine rings is 1. The smallest absolute Gasteiger partial charge is 0.353 e. The minimum Gasteiger partial charge on any atom is -0.353 e. The van der Waals surface area contributed by atoms with Gasteiger partial charge < -0.3 is 15.5 Å². The van der Waals surface area contributed by atoms with Gasteiger partial charge in [-0.25, -0.2) is 4.98 Å². The average Bonchev–Trinajstić information content (AvgIpc) is 3.29. The Bertz CT molecular complexity index is 792. The van der Waals surface area contributed by atoms with Gasteiger partial charge in [0.1, 0.15) is 5.82 Å². The second kappa shape index (κ2) is 8.03. The molecule has 3 rings (SSSR count). The van der Waals surface area contributed by atoms with E-state index < -0.39 is 11.7 Å². The second-order valence-corrected chi connectivity index (χ2v) is 6.52. The highest BCUT2D eigenvalue weighted by atomic mass is 35.5. The summed E-state index contributed by atoms with van der Waals surface area (Å²) >= 11 is 6.03. The lowest BCUT2D eigenvalue weighted by Crippen LogP contribution is -2.44. The predicted molar refractivity (Wildman–Crippen MR) is 96.8 cm³/mol. The van der Waals surface area contributed by atoms with Crippen molar-refractivity contribution in [2.24, 2.45) is 4.99 Å². The van der Waals surface area contributed by atoms with Gasteiger partial charge in [-0.2, -0.15) is 18.3 Å². The molecule has 0 saturated carbocycles. The standard InChI is InChI=1S/C16H19ClF3N7/c1-21-15(23-8-11-2-4-24-26-11)25-12-3-5-27(9-12)14-13(17)6-10(7-22-14)16(18,19)20/h2,4,6-7,12H,3,5,8-9H2,1H3,(H,24,26)(H2,21,23,25). The largest absolute Gasteiger partial charge is 0.417 e. The molecule has 1 atom stereocenters. The first-order valence-electron chi connectivity index (χ1n) is 8.30. The van der Waals surface area contributed by atoms with Crippen molar-refractivity contribution in [2.75, 3.05) is 25.0 Å². The lowest BCUT2D eigenvalue weighted by molar-refractivity contribution is -0.137. The summed E-state index contributed by atoms with van der Waals surface area (Å²) in [6.07, 6.45) is -1.20. The molecule has 146 valence electrons. The fourth-order valence-corrected chi connectivity index (χ4v) is 3.12. The van der Waals surface area contributed by atoms with Crippen LogP contribution in [-0.2, 0) is 12.7 Å². The SMILES string of the molecule is CN=C(NCc1ccn[nH]1)NC1CCN(c2ncc(C(F)(F)F)cc2Cl)C1. The number of hydrogen-bond acceptors (Lipinski definition) is 4. The topological polar surface area (TPSA) is 81.2 Å². The first-order chi connectivity index (χ1) is 12.9. The van der Waals surface area contributed by atoms with Crippen molar-refractivity contribution >= 4 is 23.4 Å². The summed E-state index contributed by atoms with van der Waals surface area (Å²) < 4.78 is 38.2. The van der Waals surface area contributed by atoms with E-state index in [0.29, 0.717) is 31.4 Å². The van der Waals surface area contributed by atoms with Crippen molar-refractivity contribution < 1.29 is 13.2 Å². The fraction of sp³-hybridized carbons (Fsp3) is 0.438. The molecule has 11 heteroatoms. The van der Waals surface area contributed by atoms with Gasteiger partial charge in [0.25, 0.3) is 0 Å². The van der Waals surface area contributed by atoms with Gasteiger partial charge in [-0.3, -0.25) is 10.1 Å². The van der Waals surface area contributed by atoms with Gasteiger partial charge in [-0.15, -0.1) is 0 Å². The van der Waals surface area contributed by atoms with Crippen LogP contribution in [0.25, 0.3) is 0 Å². The molecule has 0 amide bonds. The monoisotopic (exact) mass is 401 g/mol. The van der Waals surface area contributed by atoms with E-state index in [1.165, 1.54) is 0 Å². The molecule has 1 aliphatic rings. The summed E-state index contributed by atoms with van der Waals surface area (Å²) in [4.78, 5) is 9.96. The van der Waals surface area contributed by atoms with Crippen LogP contribution in [0.4, 0.5) is 19.0 Å². The Morgan fingerprint density at radius 2 is 2.30 bits per heavy atom. The predicted octanol–water partition coefficient (Wildman–Crippen LogP) is 2.42. The lowest BCUT2D eigenvalue weighted by Gasteiger charge is -2.21. The third-order valence-corrected chi connectivity index (χ3v) is 4.48. The minimum atomic E-state index is -4.46. The van der Waals surface area contributed by atoms with E-state index in [9.17, 15) is 13.2 Å². The fourth-order valence-electron chi connectivity index (χ4n) is 2.84. The molecule has 0 aliphatic carbocycles. The molecule has 0 spiro atoms. The highest BCUT2D eigenvalue weighted by Gasteiger charge is 2.33. The van der Waals surface area contributed by atoms with Gasteiger partial charge in [0.15, 0.2) is 5.96 Å². The zero-order chi connectivity index (χ0) is 19.4. The number of aromatic nitrogens is 3. The van der Waals surface area contributed by atoms with Crippen LogP contribution in [-0.4, -0.2) is 47.3 Å². The quantitative estimate of drug-likeness (QED) is 0.541. The van der Waals surface area contributed by atoms with Crippen LogP contribution in [0.5, 0.6) is 0 Å². The third-order valence-electron chi connectivity index (χ3n) is 4.21. The molecule has 27 heavy (non-hydrogen) atoms. The van der Waals surface area contributed by atoms with Crippen LogP contribution in [0.3, 0.4) is 0 Å². The Morgan fingerprint density at radius 1 is 1.48 bits per heavy atom. The first-order valence-corrected chi connectivity index (χ1v) is 8.67. The summed E-state index contributed by atoms with van der Waals surface area (Å²) in [6, 6.07) is 2.84. The Labute approximate surface area is 159 Å². The number of H-pyrrole nitrogens is 1. The lowest BCUT2D eigenvalue weighted by atomic mass is 10.2. The summed E-state index contributed by atoms with van der Waals surface area (Å²) in [7, 11) is 1.67. The molecule has 0 aromatic carbocycles. The van der Waals surface area contributed by atoms with Crippen molar-refractivity contribution in [3.63, 3.8) is 0 Å². The van der Waals surface area contributed by atoms with Gasteiger partial charge in [-0.1, -0.05) is 11.6 Å². The Balaban J connectivity index is 1.58. The Hall–Kier alpha value is -2.49. The van der Waals surface area contributed by atoms with Gasteiger partial charge in [0.05, 0.1) is 22.8 Å². The van der Waals surface area contributed by atoms with Crippen LogP contribution in [0.2, 0.25) is 5.02 Å². The van der Waals surface area contributed by atoms with Crippen molar-refractivity contribution in [2.45, 2.75) is 25.2 Å². The van der Waals surface area contributed by atoms with Gasteiger partial charge in [0.2, 0.25) is 0 Å². The molecule has 0 bridgehead atoms. The number of guanidine groups is 1. The van der Waals surface area contributed by atoms with Gasteiger partial charge in [0, 0.05) is 38.6 Å². The molecule has 0 radical (unpaired) electrons. The van der Waals surface area contributed by atoms with E-state index in [1.807, 2.05) is 11.0 Å². The first kappa shape index (κ1) is 19.3. The molecule has 2 aromatic heterocycles. The van der Waals surface area contributed by atoms with E-state index in [2.05, 4.69) is 30.8 Å². The van der Waals surface area contributed by atoms with Gasteiger partial charge >= 0.3 is 6.18 Å². The normalized spacial score (nSPS) is 18.0. The molecular weight excluding hydrogens is 383 g/mol. The molecule has 3 heterocycles. The molecule has 1 saturated heterocycles.